The Balaban J connectivity index is 1.64. The van der Waals surface area contributed by atoms with Crippen LogP contribution in [0.25, 0.3) is 11.3 Å². The summed E-state index contributed by atoms with van der Waals surface area (Å²) in [4.78, 5) is 27.8. The minimum Gasteiger partial charge on any atom is -0.474 e. The predicted molar refractivity (Wildman–Crippen MR) is 122 cm³/mol. The summed E-state index contributed by atoms with van der Waals surface area (Å²) in [6.07, 6.45) is -7.18. The fraction of sp³-hybridized carbons (Fsp3) is 0.143. The second-order valence-electron chi connectivity index (χ2n) is 7.43. The van der Waals surface area contributed by atoms with Crippen molar-refractivity contribution in [3.8, 4) is 17.0 Å². The Hall–Kier alpha value is -4.61. The second kappa shape index (κ2) is 11.0. The number of alkyl halides is 3. The van der Waals surface area contributed by atoms with Gasteiger partial charge in [0.25, 0.3) is 5.91 Å². The number of nitrogens with one attached hydrogen (secondary N) is 2. The zero-order chi connectivity index (χ0) is 28.3. The number of oxazole rings is 1. The van der Waals surface area contributed by atoms with Crippen molar-refractivity contribution in [2.75, 3.05) is 11.9 Å². The van der Waals surface area contributed by atoms with Crippen LogP contribution in [0.15, 0.2) is 45.5 Å². The molecule has 18 heteroatoms. The lowest BCUT2D eigenvalue weighted by molar-refractivity contribution is -0.137. The summed E-state index contributed by atoms with van der Waals surface area (Å²) in [7, 11) is 0. The number of amides is 2. The molecule has 2 heterocycles. The topological polar surface area (TPSA) is 171 Å². The van der Waals surface area contributed by atoms with Gasteiger partial charge in [0.15, 0.2) is 16.2 Å². The molecule has 39 heavy (non-hydrogen) atoms. The largest absolute Gasteiger partial charge is 0.474 e. The molecule has 4 aromatic rings. The molecule has 0 aliphatic heterocycles. The summed E-state index contributed by atoms with van der Waals surface area (Å²) >= 11 is 3.10. The van der Waals surface area contributed by atoms with Crippen LogP contribution in [-0.4, -0.2) is 44.2 Å². The maximum absolute atomic E-state index is 14.8. The van der Waals surface area contributed by atoms with Gasteiger partial charge in [-0.2, -0.15) is 13.2 Å². The molecular weight excluding hydrogens is 605 g/mol. The Labute approximate surface area is 221 Å². The van der Waals surface area contributed by atoms with Crippen molar-refractivity contribution in [1.29, 1.82) is 0 Å². The third-order valence-corrected chi connectivity index (χ3v) is 5.40. The van der Waals surface area contributed by atoms with Gasteiger partial charge in [-0.3, -0.25) is 10.1 Å². The van der Waals surface area contributed by atoms with E-state index in [0.29, 0.717) is 0 Å². The number of rotatable bonds is 8. The highest BCUT2D eigenvalue weighted by atomic mass is 79.9. The van der Waals surface area contributed by atoms with E-state index >= 15 is 0 Å². The van der Waals surface area contributed by atoms with Gasteiger partial charge in [-0.1, -0.05) is 17.2 Å². The molecule has 0 radical (unpaired) electrons. The number of H-pyrrole nitrogens is 1. The number of anilines is 1. The Morgan fingerprint density at radius 2 is 1.87 bits per heavy atom. The highest BCUT2D eigenvalue weighted by Crippen LogP contribution is 2.36. The molecule has 2 aromatic carbocycles. The maximum atomic E-state index is 14.8. The first-order chi connectivity index (χ1) is 18.4. The number of benzene rings is 2. The van der Waals surface area contributed by atoms with Crippen LogP contribution >= 0.6 is 15.9 Å². The van der Waals surface area contributed by atoms with E-state index in [1.165, 1.54) is 0 Å². The number of halogens is 6. The molecule has 204 valence electrons. The van der Waals surface area contributed by atoms with Crippen molar-refractivity contribution in [3.05, 3.63) is 69.7 Å². The Kier molecular flexibility index (Phi) is 7.75. The number of aromatic amines is 1. The van der Waals surface area contributed by atoms with Crippen LogP contribution < -0.4 is 15.8 Å². The van der Waals surface area contributed by atoms with E-state index < -0.39 is 59.4 Å². The highest BCUT2D eigenvalue weighted by Gasteiger charge is 2.31. The lowest BCUT2D eigenvalue weighted by Crippen LogP contribution is -2.23. The number of nitrogens with two attached hydrogens (primary N) is 1. The number of hydrogen-bond acceptors (Lipinski definition) is 9. The second-order valence-corrected chi connectivity index (χ2v) is 8.15. The number of carbonyl (C=O) groups excluding carboxylic acids is 2. The van der Waals surface area contributed by atoms with Crippen LogP contribution in [0, 0.1) is 11.6 Å². The average molecular weight is 618 g/mol. The highest BCUT2D eigenvalue weighted by molar-refractivity contribution is 9.10. The summed E-state index contributed by atoms with van der Waals surface area (Å²) in [5, 5.41) is 14.3. The first-order valence-electron chi connectivity index (χ1n) is 10.4. The van der Waals surface area contributed by atoms with Crippen molar-refractivity contribution in [3.63, 3.8) is 0 Å². The van der Waals surface area contributed by atoms with E-state index in [1.54, 1.807) is 0 Å². The van der Waals surface area contributed by atoms with E-state index in [2.05, 4.69) is 46.9 Å². The monoisotopic (exact) mass is 617 g/mol. The number of hydrogen-bond donors (Lipinski definition) is 3. The molecule has 0 aliphatic rings. The van der Waals surface area contributed by atoms with Gasteiger partial charge >= 0.3 is 12.3 Å². The van der Waals surface area contributed by atoms with E-state index in [-0.39, 0.29) is 27.8 Å². The molecule has 0 saturated heterocycles. The Morgan fingerprint density at radius 3 is 2.49 bits per heavy atom. The molecule has 0 fully saturated rings. The van der Waals surface area contributed by atoms with Gasteiger partial charge in [0.2, 0.25) is 17.9 Å². The molecule has 4 N–H and O–H groups in total. The molecule has 12 nitrogen and oxygen atoms in total. The summed E-state index contributed by atoms with van der Waals surface area (Å²) in [6, 6.07) is 5.50. The zero-order valence-electron chi connectivity index (χ0n) is 18.9. The summed E-state index contributed by atoms with van der Waals surface area (Å²) in [6.45, 7) is -0.699. The molecule has 0 aliphatic carbocycles. The summed E-state index contributed by atoms with van der Waals surface area (Å²) < 4.78 is 83.5. The Bertz CT molecular complexity index is 1500. The smallest absolute Gasteiger partial charge is 0.416 e. The van der Waals surface area contributed by atoms with Gasteiger partial charge in [0, 0.05) is 5.56 Å². The molecule has 1 atom stereocenters. The molecule has 1 unspecified atom stereocenters. The van der Waals surface area contributed by atoms with Crippen molar-refractivity contribution in [2.45, 2.75) is 12.3 Å². The number of ether oxygens (including phenoxy) is 2. The molecule has 4 rings (SSSR count). The van der Waals surface area contributed by atoms with E-state index in [4.69, 9.17) is 19.6 Å². The molecule has 2 amide bonds. The van der Waals surface area contributed by atoms with E-state index in [1.807, 2.05) is 0 Å². The first kappa shape index (κ1) is 27.4. The van der Waals surface area contributed by atoms with Gasteiger partial charge in [-0.05, 0) is 50.6 Å². The molecular formula is C21H13BrF5N7O5. The Morgan fingerprint density at radius 1 is 1.15 bits per heavy atom. The lowest BCUT2D eigenvalue weighted by Gasteiger charge is -2.17. The first-order valence-corrected chi connectivity index (χ1v) is 11.2. The number of nitrogens with zero attached hydrogens (tertiary/aromatic N) is 4. The van der Waals surface area contributed by atoms with Gasteiger partial charge in [0.1, 0.15) is 23.7 Å². The van der Waals surface area contributed by atoms with Crippen molar-refractivity contribution >= 4 is 33.9 Å². The third-order valence-electron chi connectivity index (χ3n) is 4.87. The molecule has 0 spiro atoms. The van der Waals surface area contributed by atoms with Crippen LogP contribution in [0.3, 0.4) is 0 Å². The van der Waals surface area contributed by atoms with Crippen molar-refractivity contribution < 1.29 is 45.4 Å². The fourth-order valence-corrected chi connectivity index (χ4v) is 3.59. The average Bonchev–Trinajstić information content (AvgIpc) is 3.52. The standard InChI is InChI=1S/C21H13BrF5N7O5/c22-16-15(8-1-3-9(4-2-8)21(25,26)27)29-18(39-16)12(7-37-20(36)30-19-31-33-34-32-19)38-11-6-5-10(23)13(14(11)24)17(28)35/h1-6,12H,7H2,(H2,28,35)(H2,30,31,32,33,34,36). The van der Waals surface area contributed by atoms with Gasteiger partial charge < -0.3 is 19.6 Å². The number of tetrazole rings is 1. The summed E-state index contributed by atoms with van der Waals surface area (Å²) in [5.74, 6) is -5.29. The number of aromatic nitrogens is 5. The number of primary amides is 1. The third kappa shape index (κ3) is 6.28. The van der Waals surface area contributed by atoms with Crippen LogP contribution in [-0.2, 0) is 10.9 Å². The van der Waals surface area contributed by atoms with Crippen LogP contribution in [0.5, 0.6) is 5.75 Å². The van der Waals surface area contributed by atoms with Crippen LogP contribution in [0.1, 0.15) is 27.9 Å². The van der Waals surface area contributed by atoms with E-state index in [0.717, 1.165) is 36.4 Å². The fourth-order valence-electron chi connectivity index (χ4n) is 3.11. The van der Waals surface area contributed by atoms with E-state index in [9.17, 15) is 31.5 Å². The quantitative estimate of drug-likeness (QED) is 0.243. The normalized spacial score (nSPS) is 12.2. The molecule has 0 bridgehead atoms. The van der Waals surface area contributed by atoms with Crippen molar-refractivity contribution in [2.24, 2.45) is 5.73 Å². The molecule has 2 aromatic heterocycles. The van der Waals surface area contributed by atoms with Gasteiger partial charge in [0.05, 0.1) is 5.56 Å². The minimum absolute atomic E-state index is 0.0295. The lowest BCUT2D eigenvalue weighted by atomic mass is 10.1. The SMILES string of the molecule is NC(=O)c1c(F)ccc(OC(COC(=O)Nc2nnn[nH]2)c2nc(-c3ccc(C(F)(F)F)cc3)c(Br)o2)c1F. The van der Waals surface area contributed by atoms with Gasteiger partial charge in [-0.25, -0.2) is 23.7 Å². The molecule has 0 saturated carbocycles. The predicted octanol–water partition coefficient (Wildman–Crippen LogP) is 4.38. The maximum Gasteiger partial charge on any atom is 0.416 e. The minimum atomic E-state index is -4.56. The number of carbonyl (C=O) groups is 2. The van der Waals surface area contributed by atoms with Gasteiger partial charge in [-0.15, -0.1) is 0 Å². The van der Waals surface area contributed by atoms with Crippen LogP contribution in [0.2, 0.25) is 0 Å². The van der Waals surface area contributed by atoms with Crippen molar-refractivity contribution in [1.82, 2.24) is 25.6 Å². The zero-order valence-corrected chi connectivity index (χ0v) is 20.5. The van der Waals surface area contributed by atoms with Crippen LogP contribution in [0.4, 0.5) is 32.7 Å². The summed E-state index contributed by atoms with van der Waals surface area (Å²) in [5.41, 5.74) is 3.28.